The Morgan fingerprint density at radius 3 is 2.63 bits per heavy atom. The molecule has 2 aromatic carbocycles. The maximum Gasteiger partial charge on any atom is 0.121 e. The zero-order valence-electron chi connectivity index (χ0n) is 10.7. The lowest BCUT2D eigenvalue weighted by molar-refractivity contribution is 0.106. The summed E-state index contributed by atoms with van der Waals surface area (Å²) >= 11 is 3.50. The van der Waals surface area contributed by atoms with Crippen molar-refractivity contribution < 1.29 is 9.47 Å². The lowest BCUT2D eigenvalue weighted by Crippen LogP contribution is -1.97. The van der Waals surface area contributed by atoms with Crippen LogP contribution in [0.4, 0.5) is 5.69 Å². The lowest BCUT2D eigenvalue weighted by Gasteiger charge is -2.09. The fraction of sp³-hybridized carbons (Fsp3) is 0.200. The molecule has 2 aromatic rings. The monoisotopic (exact) mass is 321 g/mol. The van der Waals surface area contributed by atoms with E-state index >= 15 is 0 Å². The molecule has 0 spiro atoms. The van der Waals surface area contributed by atoms with Crippen molar-refractivity contribution in [3.05, 3.63) is 58.1 Å². The van der Waals surface area contributed by atoms with E-state index in [1.54, 1.807) is 13.2 Å². The van der Waals surface area contributed by atoms with E-state index in [0.29, 0.717) is 18.9 Å². The summed E-state index contributed by atoms with van der Waals surface area (Å²) < 4.78 is 11.9. The number of ether oxygens (including phenoxy) is 2. The van der Waals surface area contributed by atoms with Crippen LogP contribution < -0.4 is 10.5 Å². The minimum absolute atomic E-state index is 0.503. The summed E-state index contributed by atoms with van der Waals surface area (Å²) in [6, 6.07) is 13.6. The molecule has 0 heterocycles. The molecule has 19 heavy (non-hydrogen) atoms. The van der Waals surface area contributed by atoms with E-state index in [4.69, 9.17) is 15.2 Å². The number of nitrogen functional groups attached to an aromatic ring is 1. The molecule has 0 aliphatic heterocycles. The Morgan fingerprint density at radius 1 is 1.11 bits per heavy atom. The normalized spacial score (nSPS) is 10.4. The van der Waals surface area contributed by atoms with E-state index in [-0.39, 0.29) is 0 Å². The first-order chi connectivity index (χ1) is 9.19. The molecule has 0 aliphatic carbocycles. The molecule has 0 amide bonds. The second-order valence-corrected chi connectivity index (χ2v) is 5.05. The maximum absolute atomic E-state index is 5.80. The summed E-state index contributed by atoms with van der Waals surface area (Å²) in [6.45, 7) is 1.06. The van der Waals surface area contributed by atoms with Gasteiger partial charge in [0.15, 0.2) is 0 Å². The first-order valence-corrected chi connectivity index (χ1v) is 6.73. The molecule has 3 nitrogen and oxygen atoms in total. The molecule has 0 fully saturated rings. The van der Waals surface area contributed by atoms with Crippen molar-refractivity contribution in [3.63, 3.8) is 0 Å². The van der Waals surface area contributed by atoms with E-state index in [2.05, 4.69) is 15.9 Å². The minimum atomic E-state index is 0.503. The highest BCUT2D eigenvalue weighted by Gasteiger charge is 2.02. The van der Waals surface area contributed by atoms with Crippen molar-refractivity contribution >= 4 is 21.6 Å². The van der Waals surface area contributed by atoms with Crippen LogP contribution in [0.5, 0.6) is 5.75 Å². The van der Waals surface area contributed by atoms with Gasteiger partial charge in [0.05, 0.1) is 20.3 Å². The van der Waals surface area contributed by atoms with Gasteiger partial charge in [-0.05, 0) is 29.3 Å². The highest BCUT2D eigenvalue weighted by Crippen LogP contribution is 2.20. The van der Waals surface area contributed by atoms with Crippen molar-refractivity contribution in [2.24, 2.45) is 0 Å². The first-order valence-electron chi connectivity index (χ1n) is 5.93. The molecule has 0 unspecified atom stereocenters. The molecule has 4 heteroatoms. The Bertz CT molecular complexity index is 558. The highest BCUT2D eigenvalue weighted by atomic mass is 79.9. The van der Waals surface area contributed by atoms with Gasteiger partial charge in [-0.15, -0.1) is 0 Å². The number of benzene rings is 2. The average molecular weight is 322 g/mol. The maximum atomic E-state index is 5.80. The number of halogens is 1. The van der Waals surface area contributed by atoms with Gasteiger partial charge in [-0.1, -0.05) is 34.1 Å². The Balaban J connectivity index is 1.96. The van der Waals surface area contributed by atoms with Crippen molar-refractivity contribution in [3.8, 4) is 5.75 Å². The van der Waals surface area contributed by atoms with Gasteiger partial charge in [0.1, 0.15) is 5.75 Å². The van der Waals surface area contributed by atoms with Gasteiger partial charge < -0.3 is 15.2 Å². The fourth-order valence-corrected chi connectivity index (χ4v) is 2.18. The molecule has 0 radical (unpaired) electrons. The van der Waals surface area contributed by atoms with Crippen LogP contribution in [0.2, 0.25) is 0 Å². The summed E-state index contributed by atoms with van der Waals surface area (Å²) in [6.07, 6.45) is 0. The first kappa shape index (κ1) is 13.9. The molecular formula is C15H16BrNO2. The van der Waals surface area contributed by atoms with Gasteiger partial charge in [0.25, 0.3) is 0 Å². The summed E-state index contributed by atoms with van der Waals surface area (Å²) in [7, 11) is 1.63. The van der Waals surface area contributed by atoms with Gasteiger partial charge in [0, 0.05) is 16.2 Å². The molecule has 2 rings (SSSR count). The zero-order chi connectivity index (χ0) is 13.7. The standard InChI is InChI=1S/C15H16BrNO2/c1-18-14-7-11(6-13(17)8-14)9-19-10-12-4-2-3-5-15(12)16/h2-8H,9-10,17H2,1H3. The van der Waals surface area contributed by atoms with E-state index in [1.165, 1.54) is 0 Å². The minimum Gasteiger partial charge on any atom is -0.497 e. The summed E-state index contributed by atoms with van der Waals surface area (Å²) in [5.74, 6) is 0.750. The molecule has 0 saturated heterocycles. The van der Waals surface area contributed by atoms with E-state index in [9.17, 15) is 0 Å². The number of nitrogens with two attached hydrogens (primary N) is 1. The van der Waals surface area contributed by atoms with Gasteiger partial charge in [-0.25, -0.2) is 0 Å². The van der Waals surface area contributed by atoms with Gasteiger partial charge in [-0.2, -0.15) is 0 Å². The molecular weight excluding hydrogens is 306 g/mol. The van der Waals surface area contributed by atoms with Gasteiger partial charge >= 0.3 is 0 Å². The number of hydrogen-bond donors (Lipinski definition) is 1. The highest BCUT2D eigenvalue weighted by molar-refractivity contribution is 9.10. The summed E-state index contributed by atoms with van der Waals surface area (Å²) in [5.41, 5.74) is 8.61. The van der Waals surface area contributed by atoms with Gasteiger partial charge in [-0.3, -0.25) is 0 Å². The van der Waals surface area contributed by atoms with E-state index < -0.39 is 0 Å². The molecule has 0 aliphatic rings. The number of hydrogen-bond acceptors (Lipinski definition) is 3. The topological polar surface area (TPSA) is 44.5 Å². The molecule has 0 atom stereocenters. The molecule has 100 valence electrons. The fourth-order valence-electron chi connectivity index (χ4n) is 1.78. The zero-order valence-corrected chi connectivity index (χ0v) is 12.3. The number of anilines is 1. The third-order valence-corrected chi connectivity index (χ3v) is 3.48. The SMILES string of the molecule is COc1cc(N)cc(COCc2ccccc2Br)c1. The molecule has 2 N–H and O–H groups in total. The predicted molar refractivity (Wildman–Crippen MR) is 80.0 cm³/mol. The second kappa shape index (κ2) is 6.59. The second-order valence-electron chi connectivity index (χ2n) is 4.20. The third-order valence-electron chi connectivity index (χ3n) is 2.71. The molecule has 0 bridgehead atoms. The Morgan fingerprint density at radius 2 is 1.89 bits per heavy atom. The van der Waals surface area contributed by atoms with E-state index in [0.717, 1.165) is 21.3 Å². The van der Waals surface area contributed by atoms with Crippen LogP contribution in [0.25, 0.3) is 0 Å². The van der Waals surface area contributed by atoms with Crippen LogP contribution in [0.1, 0.15) is 11.1 Å². The van der Waals surface area contributed by atoms with Crippen LogP contribution >= 0.6 is 15.9 Å². The molecule has 0 saturated carbocycles. The molecule has 0 aromatic heterocycles. The van der Waals surface area contributed by atoms with Crippen LogP contribution in [0.15, 0.2) is 46.9 Å². The van der Waals surface area contributed by atoms with Crippen LogP contribution in [0.3, 0.4) is 0 Å². The summed E-state index contributed by atoms with van der Waals surface area (Å²) in [4.78, 5) is 0. The Labute approximate surface area is 121 Å². The van der Waals surface area contributed by atoms with Crippen molar-refractivity contribution in [1.29, 1.82) is 0 Å². The van der Waals surface area contributed by atoms with Gasteiger partial charge in [0.2, 0.25) is 0 Å². The van der Waals surface area contributed by atoms with E-state index in [1.807, 2.05) is 36.4 Å². The summed E-state index contributed by atoms with van der Waals surface area (Å²) in [5, 5.41) is 0. The Kier molecular flexibility index (Phi) is 4.82. The van der Waals surface area contributed by atoms with Crippen molar-refractivity contribution in [2.75, 3.05) is 12.8 Å². The predicted octanol–water partition coefficient (Wildman–Crippen LogP) is 3.76. The van der Waals surface area contributed by atoms with Crippen LogP contribution in [0, 0.1) is 0 Å². The van der Waals surface area contributed by atoms with Crippen molar-refractivity contribution in [1.82, 2.24) is 0 Å². The smallest absolute Gasteiger partial charge is 0.121 e. The van der Waals surface area contributed by atoms with Crippen molar-refractivity contribution in [2.45, 2.75) is 13.2 Å². The lowest BCUT2D eigenvalue weighted by atomic mass is 10.2. The average Bonchev–Trinajstić information content (AvgIpc) is 2.40. The Hall–Kier alpha value is -1.52. The quantitative estimate of drug-likeness (QED) is 0.853. The largest absolute Gasteiger partial charge is 0.497 e. The van der Waals surface area contributed by atoms with Crippen LogP contribution in [-0.2, 0) is 18.0 Å². The number of rotatable bonds is 5. The third kappa shape index (κ3) is 3.98. The van der Waals surface area contributed by atoms with Crippen LogP contribution in [-0.4, -0.2) is 7.11 Å². The number of methoxy groups -OCH3 is 1.